The van der Waals surface area contributed by atoms with Gasteiger partial charge >= 0.3 is 0 Å². The van der Waals surface area contributed by atoms with E-state index in [1.165, 1.54) is 6.42 Å². The quantitative estimate of drug-likeness (QED) is 0.409. The molecule has 1 amide bonds. The van der Waals surface area contributed by atoms with Crippen LogP contribution in [0.25, 0.3) is 0 Å². The Morgan fingerprint density at radius 1 is 1.30 bits per heavy atom. The number of aliphatic imine (C=N–C) groups is 1. The van der Waals surface area contributed by atoms with Crippen molar-refractivity contribution in [3.63, 3.8) is 0 Å². The van der Waals surface area contributed by atoms with E-state index in [1.54, 1.807) is 17.8 Å². The lowest BCUT2D eigenvalue weighted by Gasteiger charge is -2.38. The molecule has 2 aliphatic rings. The molecule has 1 aromatic rings. The van der Waals surface area contributed by atoms with Gasteiger partial charge in [0.05, 0.1) is 12.7 Å². The van der Waals surface area contributed by atoms with Crippen LogP contribution in [0.2, 0.25) is 0 Å². The van der Waals surface area contributed by atoms with Gasteiger partial charge in [0.1, 0.15) is 5.60 Å². The molecule has 1 unspecified atom stereocenters. The maximum absolute atomic E-state index is 12.4. The number of guanidine groups is 1. The largest absolute Gasteiger partial charge is 0.383 e. The number of nitrogens with zero attached hydrogens (tertiary/aromatic N) is 5. The number of amides is 1. The summed E-state index contributed by atoms with van der Waals surface area (Å²) in [6, 6.07) is 0. The standard InChI is InChI=1S/C21H37N7O2/c1-4-22-20(24-16-21(2,30)18-14-25-26(3)15-18)23-8-9-27-10-12-28(13-11-27)19(29)17-6-5-7-17/h14-15,17,30H,4-13,16H2,1-3H3,(H2,22,23,24). The summed E-state index contributed by atoms with van der Waals surface area (Å²) in [6.45, 7) is 9.93. The zero-order valence-corrected chi connectivity index (χ0v) is 18.6. The predicted molar refractivity (Wildman–Crippen MR) is 117 cm³/mol. The van der Waals surface area contributed by atoms with E-state index < -0.39 is 5.60 Å². The topological polar surface area (TPSA) is 98.0 Å². The van der Waals surface area contributed by atoms with Crippen LogP contribution in [0.5, 0.6) is 0 Å². The molecule has 0 bridgehead atoms. The van der Waals surface area contributed by atoms with Crippen LogP contribution in [0.15, 0.2) is 17.4 Å². The van der Waals surface area contributed by atoms with Gasteiger partial charge < -0.3 is 20.6 Å². The molecule has 9 nitrogen and oxygen atoms in total. The zero-order valence-electron chi connectivity index (χ0n) is 18.6. The van der Waals surface area contributed by atoms with E-state index >= 15 is 0 Å². The highest BCUT2D eigenvalue weighted by molar-refractivity contribution is 5.80. The lowest BCUT2D eigenvalue weighted by Crippen LogP contribution is -2.52. The van der Waals surface area contributed by atoms with Gasteiger partial charge in [-0.1, -0.05) is 6.42 Å². The number of carbonyl (C=O) groups is 1. The lowest BCUT2D eigenvalue weighted by atomic mass is 9.84. The normalized spacial score (nSPS) is 20.5. The van der Waals surface area contributed by atoms with Gasteiger partial charge in [-0.15, -0.1) is 0 Å². The molecule has 0 spiro atoms. The highest BCUT2D eigenvalue weighted by Crippen LogP contribution is 2.28. The Hall–Kier alpha value is -2.13. The number of nitrogens with one attached hydrogen (secondary N) is 2. The van der Waals surface area contributed by atoms with Gasteiger partial charge in [-0.2, -0.15) is 5.10 Å². The first kappa shape index (κ1) is 22.6. The summed E-state index contributed by atoms with van der Waals surface area (Å²) in [7, 11) is 1.83. The minimum atomic E-state index is -1.07. The third-order valence-electron chi connectivity index (χ3n) is 6.07. The van der Waals surface area contributed by atoms with Crippen molar-refractivity contribution in [1.29, 1.82) is 0 Å². The minimum absolute atomic E-state index is 0.246. The van der Waals surface area contributed by atoms with Crippen LogP contribution in [0.4, 0.5) is 0 Å². The van der Waals surface area contributed by atoms with Gasteiger partial charge in [-0.3, -0.25) is 14.4 Å². The fourth-order valence-corrected chi connectivity index (χ4v) is 3.80. The van der Waals surface area contributed by atoms with Gasteiger partial charge in [-0.25, -0.2) is 4.99 Å². The minimum Gasteiger partial charge on any atom is -0.383 e. The summed E-state index contributed by atoms with van der Waals surface area (Å²) >= 11 is 0. The molecule has 30 heavy (non-hydrogen) atoms. The van der Waals surface area contributed by atoms with E-state index in [0.29, 0.717) is 17.8 Å². The third-order valence-corrected chi connectivity index (χ3v) is 6.07. The van der Waals surface area contributed by atoms with E-state index in [-0.39, 0.29) is 6.54 Å². The molecule has 9 heteroatoms. The molecule has 0 radical (unpaired) electrons. The highest BCUT2D eigenvalue weighted by atomic mass is 16.3. The molecule has 2 fully saturated rings. The number of hydrogen-bond acceptors (Lipinski definition) is 5. The first-order chi connectivity index (χ1) is 14.4. The maximum atomic E-state index is 12.4. The van der Waals surface area contributed by atoms with E-state index in [1.807, 2.05) is 25.1 Å². The van der Waals surface area contributed by atoms with Crippen molar-refractivity contribution < 1.29 is 9.90 Å². The van der Waals surface area contributed by atoms with E-state index in [4.69, 9.17) is 0 Å². The second kappa shape index (κ2) is 10.3. The van der Waals surface area contributed by atoms with Crippen LogP contribution in [0.3, 0.4) is 0 Å². The zero-order chi connectivity index (χ0) is 21.6. The second-order valence-electron chi connectivity index (χ2n) is 8.59. The lowest BCUT2D eigenvalue weighted by molar-refractivity contribution is -0.139. The van der Waals surface area contributed by atoms with Gasteiger partial charge in [0.25, 0.3) is 0 Å². The summed E-state index contributed by atoms with van der Waals surface area (Å²) in [5.41, 5.74) is -0.321. The van der Waals surface area contributed by atoms with Crippen LogP contribution in [0.1, 0.15) is 38.7 Å². The Morgan fingerprint density at radius 2 is 2.03 bits per heavy atom. The summed E-state index contributed by atoms with van der Waals surface area (Å²) in [5.74, 6) is 1.35. The van der Waals surface area contributed by atoms with Crippen molar-refractivity contribution >= 4 is 11.9 Å². The molecule has 1 saturated carbocycles. The van der Waals surface area contributed by atoms with Gasteiger partial charge in [0.2, 0.25) is 5.91 Å². The highest BCUT2D eigenvalue weighted by Gasteiger charge is 2.31. The monoisotopic (exact) mass is 419 g/mol. The van der Waals surface area contributed by atoms with Crippen molar-refractivity contribution in [2.75, 3.05) is 52.4 Å². The van der Waals surface area contributed by atoms with E-state index in [0.717, 1.165) is 64.2 Å². The number of hydrogen-bond donors (Lipinski definition) is 3. The summed E-state index contributed by atoms with van der Waals surface area (Å²) in [6.07, 6.45) is 6.83. The Balaban J connectivity index is 1.41. The van der Waals surface area contributed by atoms with Gasteiger partial charge in [0, 0.05) is 70.5 Å². The van der Waals surface area contributed by atoms with Gasteiger partial charge in [0.15, 0.2) is 5.96 Å². The van der Waals surface area contributed by atoms with Crippen molar-refractivity contribution in [1.82, 2.24) is 30.2 Å². The third kappa shape index (κ3) is 5.95. The molecule has 3 rings (SSSR count). The number of rotatable bonds is 8. The molecule has 1 aliphatic heterocycles. The van der Waals surface area contributed by atoms with E-state index in [2.05, 4.69) is 25.6 Å². The maximum Gasteiger partial charge on any atom is 0.225 e. The number of aliphatic hydroxyl groups is 1. The van der Waals surface area contributed by atoms with Crippen LogP contribution in [0, 0.1) is 5.92 Å². The Morgan fingerprint density at radius 3 is 2.60 bits per heavy atom. The van der Waals surface area contributed by atoms with Crippen LogP contribution in [-0.4, -0.2) is 88.9 Å². The number of aromatic nitrogens is 2. The molecule has 3 N–H and O–H groups in total. The smallest absolute Gasteiger partial charge is 0.225 e. The van der Waals surface area contributed by atoms with Crippen molar-refractivity contribution in [3.8, 4) is 0 Å². The number of aryl methyl sites for hydroxylation is 1. The van der Waals surface area contributed by atoms with Crippen molar-refractivity contribution in [3.05, 3.63) is 18.0 Å². The predicted octanol–water partition coefficient (Wildman–Crippen LogP) is 0.127. The number of piperazine rings is 1. The van der Waals surface area contributed by atoms with Crippen molar-refractivity contribution in [2.24, 2.45) is 18.0 Å². The molecule has 1 saturated heterocycles. The SMILES string of the molecule is CCNC(=NCC(C)(O)c1cnn(C)c1)NCCN1CCN(C(=O)C2CCC2)CC1. The fraction of sp³-hybridized carbons (Fsp3) is 0.762. The molecule has 1 aromatic heterocycles. The Bertz CT molecular complexity index is 719. The molecular formula is C21H37N7O2. The summed E-state index contributed by atoms with van der Waals surface area (Å²) < 4.78 is 1.68. The second-order valence-corrected chi connectivity index (χ2v) is 8.59. The molecule has 1 aliphatic carbocycles. The first-order valence-electron chi connectivity index (χ1n) is 11.1. The molecule has 0 aromatic carbocycles. The first-order valence-corrected chi connectivity index (χ1v) is 11.1. The number of carbonyl (C=O) groups excluding carboxylic acids is 1. The van der Waals surface area contributed by atoms with Crippen LogP contribution in [-0.2, 0) is 17.4 Å². The van der Waals surface area contributed by atoms with Crippen molar-refractivity contribution in [2.45, 2.75) is 38.7 Å². The van der Waals surface area contributed by atoms with Crippen LogP contribution >= 0.6 is 0 Å². The summed E-state index contributed by atoms with van der Waals surface area (Å²) in [4.78, 5) is 21.3. The van der Waals surface area contributed by atoms with Crippen LogP contribution < -0.4 is 10.6 Å². The average molecular weight is 420 g/mol. The molecule has 2 heterocycles. The fourth-order valence-electron chi connectivity index (χ4n) is 3.80. The molecule has 168 valence electrons. The molecular weight excluding hydrogens is 382 g/mol. The average Bonchev–Trinajstić information content (AvgIpc) is 3.13. The molecule has 1 atom stereocenters. The van der Waals surface area contributed by atoms with Gasteiger partial charge in [-0.05, 0) is 26.7 Å². The Labute approximate surface area is 179 Å². The van der Waals surface area contributed by atoms with E-state index in [9.17, 15) is 9.90 Å². The Kier molecular flexibility index (Phi) is 7.71. The summed E-state index contributed by atoms with van der Waals surface area (Å²) in [5, 5.41) is 21.4.